The first-order chi connectivity index (χ1) is 12.9. The van der Waals surface area contributed by atoms with Crippen molar-refractivity contribution < 1.29 is 31.6 Å². The Balaban J connectivity index is 2.40. The monoisotopic (exact) mass is 418 g/mol. The number of carbonyl (C=O) groups excluding carboxylic acids is 1. The van der Waals surface area contributed by atoms with Crippen molar-refractivity contribution in [2.24, 2.45) is 0 Å². The van der Waals surface area contributed by atoms with Crippen molar-refractivity contribution in [1.29, 1.82) is 0 Å². The van der Waals surface area contributed by atoms with Crippen LogP contribution in [0.1, 0.15) is 13.3 Å². The largest absolute Gasteiger partial charge is 0.312 e. The normalized spacial score (nSPS) is 13.8. The Labute approximate surface area is 158 Å². The number of aromatic nitrogens is 1. The predicted octanol–water partition coefficient (Wildman–Crippen LogP) is 1.63. The Hall–Kier alpha value is -2.66. The number of pyridine rings is 1. The van der Waals surface area contributed by atoms with Gasteiger partial charge in [0.25, 0.3) is 11.5 Å². The van der Waals surface area contributed by atoms with Crippen LogP contribution in [0.5, 0.6) is 0 Å². The lowest BCUT2D eigenvalue weighted by Gasteiger charge is -2.25. The van der Waals surface area contributed by atoms with E-state index >= 15 is 0 Å². The summed E-state index contributed by atoms with van der Waals surface area (Å²) in [7, 11) is -4.00. The molecule has 1 aromatic carbocycles. The third-order valence-corrected chi connectivity index (χ3v) is 6.55. The Bertz CT molecular complexity index is 1080. The standard InChI is InChI=1S/C17H17F3N2O5S/c1-17(16(24)21-25,28(2,26)27)5-6-22-9-14(20)12(8-15(22)23)11-4-3-10(18)7-13(11)19/h3-4,7-9,25H,5-6H2,1-2H3,(H,21,24). The van der Waals surface area contributed by atoms with Gasteiger partial charge in [0.2, 0.25) is 0 Å². The molecule has 0 bridgehead atoms. The van der Waals surface area contributed by atoms with Crippen LogP contribution in [-0.2, 0) is 21.2 Å². The summed E-state index contributed by atoms with van der Waals surface area (Å²) in [5, 5.41) is 8.78. The number of halogens is 3. The molecule has 1 unspecified atom stereocenters. The van der Waals surface area contributed by atoms with Crippen LogP contribution in [-0.4, -0.2) is 35.1 Å². The first kappa shape index (κ1) is 21.6. The van der Waals surface area contributed by atoms with Crippen LogP contribution in [0.15, 0.2) is 35.3 Å². The quantitative estimate of drug-likeness (QED) is 0.548. The number of benzene rings is 1. The van der Waals surface area contributed by atoms with Gasteiger partial charge in [0.15, 0.2) is 14.6 Å². The van der Waals surface area contributed by atoms with Crippen LogP contribution < -0.4 is 11.0 Å². The van der Waals surface area contributed by atoms with E-state index in [4.69, 9.17) is 5.21 Å². The Morgan fingerprint density at radius 3 is 2.36 bits per heavy atom. The molecule has 1 aromatic heterocycles. The maximum absolute atomic E-state index is 14.4. The molecule has 28 heavy (non-hydrogen) atoms. The van der Waals surface area contributed by atoms with Crippen LogP contribution in [0.25, 0.3) is 11.1 Å². The SMILES string of the molecule is CC(CCn1cc(F)c(-c2ccc(F)cc2F)cc1=O)(C(=O)NO)S(C)(=O)=O. The predicted molar refractivity (Wildman–Crippen MR) is 93.8 cm³/mol. The minimum atomic E-state index is -4.00. The molecular formula is C17H17F3N2O5S. The molecule has 0 radical (unpaired) electrons. The zero-order valence-corrected chi connectivity index (χ0v) is 15.7. The highest BCUT2D eigenvalue weighted by molar-refractivity contribution is 7.92. The molecule has 0 spiro atoms. The fraction of sp³-hybridized carbons (Fsp3) is 0.294. The second kappa shape index (κ2) is 7.76. The Morgan fingerprint density at radius 1 is 1.18 bits per heavy atom. The molecule has 1 heterocycles. The summed E-state index contributed by atoms with van der Waals surface area (Å²) < 4.78 is 63.9. The highest BCUT2D eigenvalue weighted by Crippen LogP contribution is 2.26. The summed E-state index contributed by atoms with van der Waals surface area (Å²) in [4.78, 5) is 24.0. The average molecular weight is 418 g/mol. The average Bonchev–Trinajstić information content (AvgIpc) is 2.60. The van der Waals surface area contributed by atoms with Crippen LogP contribution >= 0.6 is 0 Å². The lowest BCUT2D eigenvalue weighted by atomic mass is 10.0. The number of rotatable bonds is 6. The molecule has 2 aromatic rings. The van der Waals surface area contributed by atoms with E-state index in [0.717, 1.165) is 42.1 Å². The van der Waals surface area contributed by atoms with E-state index < -0.39 is 55.5 Å². The topological polar surface area (TPSA) is 105 Å². The molecule has 0 fully saturated rings. The Morgan fingerprint density at radius 2 is 1.82 bits per heavy atom. The van der Waals surface area contributed by atoms with Gasteiger partial charge in [-0.15, -0.1) is 0 Å². The molecule has 0 aliphatic carbocycles. The van der Waals surface area contributed by atoms with Gasteiger partial charge in [-0.05, 0) is 25.5 Å². The molecule has 0 aliphatic rings. The molecule has 152 valence electrons. The summed E-state index contributed by atoms with van der Waals surface area (Å²) in [6, 6.07) is 3.23. The summed E-state index contributed by atoms with van der Waals surface area (Å²) in [5.41, 5.74) is -0.234. The maximum atomic E-state index is 14.4. The third-order valence-electron chi connectivity index (χ3n) is 4.53. The van der Waals surface area contributed by atoms with Crippen molar-refractivity contribution >= 4 is 15.7 Å². The van der Waals surface area contributed by atoms with Crippen LogP contribution in [0.3, 0.4) is 0 Å². The van der Waals surface area contributed by atoms with Crippen molar-refractivity contribution in [2.75, 3.05) is 6.26 Å². The van der Waals surface area contributed by atoms with E-state index in [2.05, 4.69) is 0 Å². The van der Waals surface area contributed by atoms with Crippen LogP contribution in [0, 0.1) is 17.5 Å². The molecule has 1 amide bonds. The zero-order valence-electron chi connectivity index (χ0n) is 14.9. The summed E-state index contributed by atoms with van der Waals surface area (Å²) in [6.45, 7) is 0.677. The smallest absolute Gasteiger partial charge is 0.264 e. The fourth-order valence-corrected chi connectivity index (χ4v) is 3.40. The lowest BCUT2D eigenvalue weighted by molar-refractivity contribution is -0.131. The van der Waals surface area contributed by atoms with Gasteiger partial charge in [-0.2, -0.15) is 0 Å². The maximum Gasteiger partial charge on any atom is 0.264 e. The van der Waals surface area contributed by atoms with Crippen molar-refractivity contribution in [1.82, 2.24) is 10.0 Å². The molecular weight excluding hydrogens is 401 g/mol. The van der Waals surface area contributed by atoms with Crippen LogP contribution in [0.4, 0.5) is 13.2 Å². The molecule has 2 rings (SSSR count). The number of nitrogens with one attached hydrogen (secondary N) is 1. The van der Waals surface area contributed by atoms with Gasteiger partial charge >= 0.3 is 0 Å². The summed E-state index contributed by atoms with van der Waals surface area (Å²) >= 11 is 0. The minimum absolute atomic E-state index is 0.316. The van der Waals surface area contributed by atoms with Crippen molar-refractivity contribution in [3.63, 3.8) is 0 Å². The minimum Gasteiger partial charge on any atom is -0.312 e. The number of sulfone groups is 1. The van der Waals surface area contributed by atoms with E-state index in [9.17, 15) is 31.2 Å². The first-order valence-electron chi connectivity index (χ1n) is 7.90. The van der Waals surface area contributed by atoms with E-state index in [1.807, 2.05) is 0 Å². The molecule has 1 atom stereocenters. The molecule has 0 aliphatic heterocycles. The highest BCUT2D eigenvalue weighted by atomic mass is 32.2. The summed E-state index contributed by atoms with van der Waals surface area (Å²) in [6.07, 6.45) is 1.08. The van der Waals surface area contributed by atoms with Gasteiger partial charge in [-0.1, -0.05) is 0 Å². The zero-order chi connectivity index (χ0) is 21.3. The van der Waals surface area contributed by atoms with E-state index in [1.165, 1.54) is 5.48 Å². The van der Waals surface area contributed by atoms with Crippen molar-refractivity contribution in [3.05, 3.63) is 58.3 Å². The number of carbonyl (C=O) groups is 1. The van der Waals surface area contributed by atoms with Crippen LogP contribution in [0.2, 0.25) is 0 Å². The number of nitrogens with zero attached hydrogens (tertiary/aromatic N) is 1. The van der Waals surface area contributed by atoms with Gasteiger partial charge in [-0.25, -0.2) is 27.1 Å². The second-order valence-electron chi connectivity index (χ2n) is 6.38. The van der Waals surface area contributed by atoms with E-state index in [-0.39, 0.29) is 12.1 Å². The summed E-state index contributed by atoms with van der Waals surface area (Å²) in [5.74, 6) is -4.12. The number of hydroxylamine groups is 1. The highest BCUT2D eigenvalue weighted by Gasteiger charge is 2.43. The fourth-order valence-electron chi connectivity index (χ4n) is 2.55. The van der Waals surface area contributed by atoms with Gasteiger partial charge in [0.1, 0.15) is 17.5 Å². The second-order valence-corrected chi connectivity index (χ2v) is 8.83. The van der Waals surface area contributed by atoms with E-state index in [0.29, 0.717) is 6.07 Å². The molecule has 7 nitrogen and oxygen atoms in total. The molecule has 0 saturated heterocycles. The molecule has 2 N–H and O–H groups in total. The number of hydrogen-bond donors (Lipinski definition) is 2. The van der Waals surface area contributed by atoms with E-state index in [1.54, 1.807) is 0 Å². The molecule has 0 saturated carbocycles. The van der Waals surface area contributed by atoms with Gasteiger partial charge in [0.05, 0.1) is 0 Å². The number of aryl methyl sites for hydroxylation is 1. The van der Waals surface area contributed by atoms with Crippen molar-refractivity contribution in [3.8, 4) is 11.1 Å². The first-order valence-corrected chi connectivity index (χ1v) is 9.79. The molecule has 11 heteroatoms. The third kappa shape index (κ3) is 4.09. The Kier molecular flexibility index (Phi) is 6.00. The van der Waals surface area contributed by atoms with Crippen molar-refractivity contribution in [2.45, 2.75) is 24.6 Å². The number of hydrogen-bond acceptors (Lipinski definition) is 5. The van der Waals surface area contributed by atoms with Gasteiger partial charge in [0, 0.05) is 42.3 Å². The van der Waals surface area contributed by atoms with Gasteiger partial charge in [-0.3, -0.25) is 14.8 Å². The lowest BCUT2D eigenvalue weighted by Crippen LogP contribution is -2.50. The number of amides is 1. The van der Waals surface area contributed by atoms with Gasteiger partial charge < -0.3 is 4.57 Å².